The van der Waals surface area contributed by atoms with E-state index in [9.17, 15) is 18.0 Å². The molecule has 34 heavy (non-hydrogen) atoms. The van der Waals surface area contributed by atoms with Crippen molar-refractivity contribution >= 4 is 39.1 Å². The lowest BCUT2D eigenvalue weighted by molar-refractivity contribution is -0.139. The Bertz CT molecular complexity index is 1050. The van der Waals surface area contributed by atoms with E-state index in [0.29, 0.717) is 19.4 Å². The standard InChI is InChI=1S/C25H34ClN3O4S/c1-4-6-17-27-25(31)22(5-2)28(18-16-20-12-8-7-9-13-20)24(30)19-29(34(3,32)33)23-15-11-10-14-21(23)26/h7-15,22H,4-6,16-19H2,1-3H3,(H,27,31)/t22-/m1/s1. The van der Waals surface area contributed by atoms with Crippen LogP contribution in [0.2, 0.25) is 5.02 Å². The summed E-state index contributed by atoms with van der Waals surface area (Å²) in [4.78, 5) is 28.0. The van der Waals surface area contributed by atoms with Crippen molar-refractivity contribution in [3.8, 4) is 0 Å². The van der Waals surface area contributed by atoms with Gasteiger partial charge in [0.15, 0.2) is 0 Å². The average Bonchev–Trinajstić information content (AvgIpc) is 2.80. The maximum atomic E-state index is 13.5. The molecule has 0 fully saturated rings. The summed E-state index contributed by atoms with van der Waals surface area (Å²) in [6, 6.07) is 15.4. The van der Waals surface area contributed by atoms with Crippen molar-refractivity contribution in [2.24, 2.45) is 0 Å². The van der Waals surface area contributed by atoms with E-state index in [-0.39, 0.29) is 23.2 Å². The molecule has 0 saturated carbocycles. The maximum absolute atomic E-state index is 13.5. The van der Waals surface area contributed by atoms with Gasteiger partial charge >= 0.3 is 0 Å². The Balaban J connectivity index is 2.33. The molecule has 7 nitrogen and oxygen atoms in total. The van der Waals surface area contributed by atoms with Gasteiger partial charge in [0.1, 0.15) is 12.6 Å². The highest BCUT2D eigenvalue weighted by molar-refractivity contribution is 7.92. The number of nitrogens with zero attached hydrogens (tertiary/aromatic N) is 2. The molecule has 0 aliphatic carbocycles. The second-order valence-electron chi connectivity index (χ2n) is 8.11. The molecule has 9 heteroatoms. The summed E-state index contributed by atoms with van der Waals surface area (Å²) >= 11 is 6.25. The zero-order chi connectivity index (χ0) is 25.1. The van der Waals surface area contributed by atoms with Gasteiger partial charge in [-0.1, -0.05) is 74.3 Å². The van der Waals surface area contributed by atoms with Crippen LogP contribution in [0.3, 0.4) is 0 Å². The Morgan fingerprint density at radius 3 is 2.26 bits per heavy atom. The number of para-hydroxylation sites is 1. The van der Waals surface area contributed by atoms with Crippen LogP contribution in [-0.2, 0) is 26.0 Å². The first-order valence-electron chi connectivity index (χ1n) is 11.5. The molecular formula is C25H34ClN3O4S. The molecule has 0 heterocycles. The molecule has 0 saturated heterocycles. The van der Waals surface area contributed by atoms with E-state index in [0.717, 1.165) is 29.0 Å². The third-order valence-electron chi connectivity index (χ3n) is 5.50. The van der Waals surface area contributed by atoms with Crippen molar-refractivity contribution in [1.29, 1.82) is 0 Å². The normalized spacial score (nSPS) is 12.1. The molecule has 0 aliphatic rings. The smallest absolute Gasteiger partial charge is 0.244 e. The fourth-order valence-electron chi connectivity index (χ4n) is 3.65. The molecule has 0 radical (unpaired) electrons. The summed E-state index contributed by atoms with van der Waals surface area (Å²) in [5.41, 5.74) is 1.25. The number of sulfonamides is 1. The van der Waals surface area contributed by atoms with Crippen molar-refractivity contribution in [1.82, 2.24) is 10.2 Å². The van der Waals surface area contributed by atoms with Gasteiger partial charge in [0, 0.05) is 13.1 Å². The van der Waals surface area contributed by atoms with Crippen LogP contribution in [0.1, 0.15) is 38.7 Å². The van der Waals surface area contributed by atoms with Crippen molar-refractivity contribution in [2.75, 3.05) is 30.2 Å². The van der Waals surface area contributed by atoms with Gasteiger partial charge in [-0.25, -0.2) is 8.42 Å². The van der Waals surface area contributed by atoms with Crippen LogP contribution in [0.25, 0.3) is 0 Å². The van der Waals surface area contributed by atoms with E-state index in [1.807, 2.05) is 44.2 Å². The Kier molecular flexibility index (Phi) is 10.9. The fourth-order valence-corrected chi connectivity index (χ4v) is 4.80. The lowest BCUT2D eigenvalue weighted by Crippen LogP contribution is -2.53. The number of benzene rings is 2. The number of carbonyl (C=O) groups is 2. The molecular weight excluding hydrogens is 474 g/mol. The van der Waals surface area contributed by atoms with Gasteiger partial charge in [0.05, 0.1) is 17.0 Å². The lowest BCUT2D eigenvalue weighted by Gasteiger charge is -2.33. The summed E-state index contributed by atoms with van der Waals surface area (Å²) in [7, 11) is -3.81. The van der Waals surface area contributed by atoms with Crippen LogP contribution in [0.5, 0.6) is 0 Å². The predicted molar refractivity (Wildman–Crippen MR) is 137 cm³/mol. The van der Waals surface area contributed by atoms with Gasteiger partial charge in [-0.3, -0.25) is 13.9 Å². The van der Waals surface area contributed by atoms with Gasteiger partial charge in [0.25, 0.3) is 0 Å². The molecule has 2 amide bonds. The van der Waals surface area contributed by atoms with Crippen molar-refractivity contribution in [3.63, 3.8) is 0 Å². The molecule has 0 aromatic heterocycles. The van der Waals surface area contributed by atoms with Gasteiger partial charge in [-0.05, 0) is 37.0 Å². The highest BCUT2D eigenvalue weighted by Crippen LogP contribution is 2.27. The number of nitrogens with one attached hydrogen (secondary N) is 1. The summed E-state index contributed by atoms with van der Waals surface area (Å²) in [6.45, 7) is 4.24. The van der Waals surface area contributed by atoms with E-state index in [1.165, 1.54) is 4.90 Å². The molecule has 2 aromatic carbocycles. The topological polar surface area (TPSA) is 86.8 Å². The average molecular weight is 508 g/mol. The molecule has 0 spiro atoms. The largest absolute Gasteiger partial charge is 0.354 e. The monoisotopic (exact) mass is 507 g/mol. The maximum Gasteiger partial charge on any atom is 0.244 e. The second kappa shape index (κ2) is 13.3. The van der Waals surface area contributed by atoms with Crippen molar-refractivity contribution in [2.45, 2.75) is 45.6 Å². The van der Waals surface area contributed by atoms with E-state index in [4.69, 9.17) is 11.6 Å². The number of rotatable bonds is 13. The first-order valence-corrected chi connectivity index (χ1v) is 13.7. The first kappa shape index (κ1) is 27.7. The SMILES string of the molecule is CCCCNC(=O)[C@@H](CC)N(CCc1ccccc1)C(=O)CN(c1ccccc1Cl)S(C)(=O)=O. The van der Waals surface area contributed by atoms with Crippen LogP contribution in [0, 0.1) is 0 Å². The van der Waals surface area contributed by atoms with Crippen LogP contribution < -0.4 is 9.62 Å². The number of amides is 2. The number of unbranched alkanes of at least 4 members (excludes halogenated alkanes) is 1. The number of halogens is 1. The summed E-state index contributed by atoms with van der Waals surface area (Å²) in [5.74, 6) is -0.695. The summed E-state index contributed by atoms with van der Waals surface area (Å²) in [5, 5.41) is 3.13. The van der Waals surface area contributed by atoms with Crippen LogP contribution in [0.15, 0.2) is 54.6 Å². The summed E-state index contributed by atoms with van der Waals surface area (Å²) in [6.07, 6.45) is 3.76. The van der Waals surface area contributed by atoms with Crippen molar-refractivity contribution in [3.05, 3.63) is 65.2 Å². The number of hydrogen-bond acceptors (Lipinski definition) is 4. The molecule has 0 unspecified atom stereocenters. The fraction of sp³-hybridized carbons (Fsp3) is 0.440. The van der Waals surface area contributed by atoms with E-state index in [2.05, 4.69) is 5.32 Å². The predicted octanol–water partition coefficient (Wildman–Crippen LogP) is 3.87. The highest BCUT2D eigenvalue weighted by atomic mass is 35.5. The quantitative estimate of drug-likeness (QED) is 0.417. The van der Waals surface area contributed by atoms with Crippen molar-refractivity contribution < 1.29 is 18.0 Å². The van der Waals surface area contributed by atoms with Crippen LogP contribution in [-0.4, -0.2) is 57.1 Å². The molecule has 1 N–H and O–H groups in total. The molecule has 186 valence electrons. The second-order valence-corrected chi connectivity index (χ2v) is 10.4. The third kappa shape index (κ3) is 8.02. The highest BCUT2D eigenvalue weighted by Gasteiger charge is 2.31. The molecule has 0 aliphatic heterocycles. The third-order valence-corrected chi connectivity index (χ3v) is 6.95. The lowest BCUT2D eigenvalue weighted by atomic mass is 10.1. The molecule has 2 rings (SSSR count). The Morgan fingerprint density at radius 2 is 1.68 bits per heavy atom. The molecule has 2 aromatic rings. The Hall–Kier alpha value is -2.58. The number of carbonyl (C=O) groups excluding carboxylic acids is 2. The van der Waals surface area contributed by atoms with Gasteiger partial charge in [-0.15, -0.1) is 0 Å². The molecule has 1 atom stereocenters. The summed E-state index contributed by atoms with van der Waals surface area (Å²) < 4.78 is 26.2. The minimum atomic E-state index is -3.81. The Morgan fingerprint density at radius 1 is 1.03 bits per heavy atom. The minimum absolute atomic E-state index is 0.223. The van der Waals surface area contributed by atoms with E-state index in [1.54, 1.807) is 24.3 Å². The van der Waals surface area contributed by atoms with Gasteiger partial charge in [0.2, 0.25) is 21.8 Å². The van der Waals surface area contributed by atoms with Gasteiger partial charge in [-0.2, -0.15) is 0 Å². The zero-order valence-electron chi connectivity index (χ0n) is 20.0. The van der Waals surface area contributed by atoms with Gasteiger partial charge < -0.3 is 10.2 Å². The first-order chi connectivity index (χ1) is 16.2. The van der Waals surface area contributed by atoms with Crippen LogP contribution in [0.4, 0.5) is 5.69 Å². The number of hydrogen-bond donors (Lipinski definition) is 1. The minimum Gasteiger partial charge on any atom is -0.354 e. The molecule has 0 bridgehead atoms. The van der Waals surface area contributed by atoms with E-state index < -0.39 is 28.5 Å². The zero-order valence-corrected chi connectivity index (χ0v) is 21.6. The van der Waals surface area contributed by atoms with E-state index >= 15 is 0 Å². The Labute approximate surface area is 208 Å². The number of anilines is 1. The van der Waals surface area contributed by atoms with Crippen LogP contribution >= 0.6 is 11.6 Å².